The summed E-state index contributed by atoms with van der Waals surface area (Å²) in [6.45, 7) is 16.5. The lowest BCUT2D eigenvalue weighted by Gasteiger charge is -2.38. The number of hydrogen-bond acceptors (Lipinski definition) is 2. The summed E-state index contributed by atoms with van der Waals surface area (Å²) in [5.74, 6) is 4.47. The fourth-order valence-corrected chi connectivity index (χ4v) is 11.0. The quantitative estimate of drug-likeness (QED) is 0.307. The van der Waals surface area contributed by atoms with Crippen molar-refractivity contribution in [3.05, 3.63) is 54.4 Å². The first kappa shape index (κ1) is 22.7. The predicted octanol–water partition coefficient (Wildman–Crippen LogP) is 7.20. The molecule has 3 aromatic rings. The molecular weight excluding hydrogens is 406 g/mol. The molecule has 0 saturated carbocycles. The van der Waals surface area contributed by atoms with Gasteiger partial charge in [0, 0.05) is 24.5 Å². The average Bonchev–Trinajstić information content (AvgIpc) is 3.41. The van der Waals surface area contributed by atoms with Gasteiger partial charge in [-0.3, -0.25) is 4.57 Å². The van der Waals surface area contributed by atoms with E-state index in [1.807, 2.05) is 0 Å². The highest BCUT2D eigenvalue weighted by Crippen LogP contribution is 2.41. The van der Waals surface area contributed by atoms with Crippen LogP contribution in [-0.4, -0.2) is 30.7 Å². The number of imidazole rings is 1. The Balaban J connectivity index is 1.82. The van der Waals surface area contributed by atoms with Crippen molar-refractivity contribution in [3.63, 3.8) is 0 Å². The van der Waals surface area contributed by atoms with E-state index in [2.05, 4.69) is 111 Å². The zero-order valence-corrected chi connectivity index (χ0v) is 21.5. The Morgan fingerprint density at radius 1 is 0.781 bits per heavy atom. The van der Waals surface area contributed by atoms with E-state index in [1.54, 1.807) is 0 Å². The van der Waals surface area contributed by atoms with Gasteiger partial charge in [-0.05, 0) is 71.8 Å². The number of rotatable bonds is 5. The number of anilines is 1. The van der Waals surface area contributed by atoms with Gasteiger partial charge in [0.15, 0.2) is 5.82 Å². The monoisotopic (exact) mass is 443 g/mol. The second-order valence-corrected chi connectivity index (χ2v) is 15.7. The van der Waals surface area contributed by atoms with Crippen LogP contribution >= 0.6 is 0 Å². The molecule has 4 heteroatoms. The van der Waals surface area contributed by atoms with E-state index in [9.17, 15) is 0 Å². The molecule has 32 heavy (non-hydrogen) atoms. The van der Waals surface area contributed by atoms with Crippen molar-refractivity contribution in [2.24, 2.45) is 0 Å². The van der Waals surface area contributed by atoms with Gasteiger partial charge in [0.25, 0.3) is 0 Å². The number of benzene rings is 2. The molecule has 0 bridgehead atoms. The van der Waals surface area contributed by atoms with Crippen molar-refractivity contribution in [3.8, 4) is 17.2 Å². The number of hydrogen-bond donors (Lipinski definition) is 0. The number of fused-ring (bicyclic) bond motifs is 1. The van der Waals surface area contributed by atoms with Gasteiger partial charge in [-0.2, -0.15) is 0 Å². The molecule has 4 rings (SSSR count). The lowest BCUT2D eigenvalue weighted by molar-refractivity contribution is 0.838. The summed E-state index contributed by atoms with van der Waals surface area (Å²) in [5, 5.41) is 0. The van der Waals surface area contributed by atoms with Crippen molar-refractivity contribution < 1.29 is 0 Å². The lowest BCUT2D eigenvalue weighted by Crippen LogP contribution is -2.43. The summed E-state index contributed by atoms with van der Waals surface area (Å²) >= 11 is 0. The molecule has 0 N–H and O–H groups in total. The maximum atomic E-state index is 4.97. The molecule has 0 radical (unpaired) electrons. The van der Waals surface area contributed by atoms with Crippen LogP contribution < -0.4 is 4.90 Å². The second kappa shape index (κ2) is 9.15. The SMILES string of the molecule is CC(C)[Si](C#Cc1nc2ccccc2n1-c1ccc(N2CCCC2)cc1)(C(C)C)C(C)C. The van der Waals surface area contributed by atoms with E-state index >= 15 is 0 Å². The molecule has 0 amide bonds. The maximum Gasteiger partial charge on any atom is 0.190 e. The van der Waals surface area contributed by atoms with Crippen molar-refractivity contribution >= 4 is 24.8 Å². The molecule has 1 aromatic heterocycles. The summed E-state index contributed by atoms with van der Waals surface area (Å²) in [6.07, 6.45) is 2.58. The fraction of sp³-hybridized carbons (Fsp3) is 0.464. The van der Waals surface area contributed by atoms with Gasteiger partial charge >= 0.3 is 0 Å². The zero-order valence-electron chi connectivity index (χ0n) is 20.5. The molecule has 1 aliphatic heterocycles. The van der Waals surface area contributed by atoms with Crippen molar-refractivity contribution in [2.45, 2.75) is 71.0 Å². The van der Waals surface area contributed by atoms with Gasteiger partial charge in [-0.1, -0.05) is 53.7 Å². The van der Waals surface area contributed by atoms with Gasteiger partial charge in [0.05, 0.1) is 11.0 Å². The molecule has 1 aliphatic rings. The van der Waals surface area contributed by atoms with Crippen LogP contribution in [0.2, 0.25) is 16.6 Å². The third kappa shape index (κ3) is 3.99. The molecule has 2 heterocycles. The number of nitrogens with zero attached hydrogens (tertiary/aromatic N) is 3. The van der Waals surface area contributed by atoms with Crippen LogP contribution in [0, 0.1) is 11.5 Å². The van der Waals surface area contributed by atoms with Gasteiger partial charge in [-0.25, -0.2) is 4.98 Å². The molecule has 0 spiro atoms. The number of para-hydroxylation sites is 2. The van der Waals surface area contributed by atoms with E-state index in [1.165, 1.54) is 18.5 Å². The zero-order chi connectivity index (χ0) is 22.9. The van der Waals surface area contributed by atoms with Crippen molar-refractivity contribution in [2.75, 3.05) is 18.0 Å². The Morgan fingerprint density at radius 3 is 1.94 bits per heavy atom. The Bertz CT molecular complexity index is 1100. The highest BCUT2D eigenvalue weighted by atomic mass is 28.3. The van der Waals surface area contributed by atoms with Crippen LogP contribution in [0.15, 0.2) is 48.5 Å². The minimum Gasteiger partial charge on any atom is -0.372 e. The van der Waals surface area contributed by atoms with Crippen molar-refractivity contribution in [1.29, 1.82) is 0 Å². The molecule has 1 saturated heterocycles. The molecule has 2 aromatic carbocycles. The van der Waals surface area contributed by atoms with Crippen LogP contribution in [0.5, 0.6) is 0 Å². The largest absolute Gasteiger partial charge is 0.372 e. The standard InChI is InChI=1S/C28H37N3Si/c1-21(2)32(22(3)4,23(5)6)20-17-28-29-26-11-7-8-12-27(26)31(28)25-15-13-24(14-16-25)30-18-9-10-19-30/h7-8,11-16,21-23H,9-10,18-19H2,1-6H3. The molecule has 0 atom stereocenters. The van der Waals surface area contributed by atoms with Crippen LogP contribution in [0.4, 0.5) is 5.69 Å². The highest BCUT2D eigenvalue weighted by molar-refractivity contribution is 6.90. The minimum absolute atomic E-state index is 0.604. The first-order valence-corrected chi connectivity index (χ1v) is 14.4. The van der Waals surface area contributed by atoms with Crippen LogP contribution in [-0.2, 0) is 0 Å². The Labute approximate surface area is 194 Å². The Morgan fingerprint density at radius 2 is 1.34 bits per heavy atom. The average molecular weight is 444 g/mol. The van der Waals surface area contributed by atoms with Crippen LogP contribution in [0.3, 0.4) is 0 Å². The third-order valence-corrected chi connectivity index (χ3v) is 13.7. The topological polar surface area (TPSA) is 21.1 Å². The van der Waals surface area contributed by atoms with E-state index in [4.69, 9.17) is 4.98 Å². The van der Waals surface area contributed by atoms with Gasteiger partial charge in [-0.15, -0.1) is 5.54 Å². The van der Waals surface area contributed by atoms with Gasteiger partial charge < -0.3 is 4.90 Å². The van der Waals surface area contributed by atoms with Crippen LogP contribution in [0.1, 0.15) is 60.2 Å². The summed E-state index contributed by atoms with van der Waals surface area (Å²) in [5.41, 5.74) is 10.3. The Kier molecular flexibility index (Phi) is 6.49. The molecule has 1 fully saturated rings. The van der Waals surface area contributed by atoms with Gasteiger partial charge in [0.1, 0.15) is 8.07 Å². The van der Waals surface area contributed by atoms with E-state index in [0.29, 0.717) is 16.6 Å². The third-order valence-electron chi connectivity index (χ3n) is 7.40. The second-order valence-electron chi connectivity index (χ2n) is 10.1. The molecular formula is C28H37N3Si. The Hall–Kier alpha value is -2.51. The van der Waals surface area contributed by atoms with E-state index in [-0.39, 0.29) is 0 Å². The smallest absolute Gasteiger partial charge is 0.190 e. The summed E-state index contributed by atoms with van der Waals surface area (Å²) < 4.78 is 2.25. The molecule has 0 unspecified atom stereocenters. The number of aromatic nitrogens is 2. The molecule has 168 valence electrons. The molecule has 3 nitrogen and oxygen atoms in total. The van der Waals surface area contributed by atoms with Crippen molar-refractivity contribution in [1.82, 2.24) is 9.55 Å². The van der Waals surface area contributed by atoms with Crippen LogP contribution in [0.25, 0.3) is 16.7 Å². The predicted molar refractivity (Wildman–Crippen MR) is 140 cm³/mol. The fourth-order valence-electron chi connectivity index (χ4n) is 5.76. The lowest BCUT2D eigenvalue weighted by atomic mass is 10.2. The minimum atomic E-state index is -1.83. The summed E-state index contributed by atoms with van der Waals surface area (Å²) in [6, 6.07) is 17.3. The summed E-state index contributed by atoms with van der Waals surface area (Å²) in [7, 11) is -1.83. The summed E-state index contributed by atoms with van der Waals surface area (Å²) in [4.78, 5) is 7.45. The van der Waals surface area contributed by atoms with E-state index in [0.717, 1.165) is 35.6 Å². The first-order valence-electron chi connectivity index (χ1n) is 12.2. The van der Waals surface area contributed by atoms with Gasteiger partial charge in [0.2, 0.25) is 0 Å². The van der Waals surface area contributed by atoms with E-state index < -0.39 is 8.07 Å². The first-order chi connectivity index (χ1) is 15.3. The molecule has 0 aliphatic carbocycles. The normalized spacial score (nSPS) is 14.6. The highest BCUT2D eigenvalue weighted by Gasteiger charge is 2.41. The maximum absolute atomic E-state index is 4.97.